The van der Waals surface area contributed by atoms with Gasteiger partial charge in [0.15, 0.2) is 5.76 Å². The molecule has 0 bridgehead atoms. The summed E-state index contributed by atoms with van der Waals surface area (Å²) in [6, 6.07) is 2.47. The Bertz CT molecular complexity index is 613. The summed E-state index contributed by atoms with van der Waals surface area (Å²) in [5.41, 5.74) is -0.547. The summed E-state index contributed by atoms with van der Waals surface area (Å²) >= 11 is 0. The molecule has 1 aromatic heterocycles. The second kappa shape index (κ2) is 7.58. The van der Waals surface area contributed by atoms with Crippen molar-refractivity contribution in [3.63, 3.8) is 0 Å². The summed E-state index contributed by atoms with van der Waals surface area (Å²) in [5.74, 6) is -0.462. The molecule has 0 spiro atoms. The Morgan fingerprint density at radius 3 is 2.28 bits per heavy atom. The summed E-state index contributed by atoms with van der Waals surface area (Å²) in [6.45, 7) is 8.68. The molecule has 0 aromatic carbocycles. The fourth-order valence-electron chi connectivity index (χ4n) is 2.45. The van der Waals surface area contributed by atoms with Crippen LogP contribution in [0.5, 0.6) is 0 Å². The van der Waals surface area contributed by atoms with Crippen molar-refractivity contribution in [3.05, 3.63) is 24.2 Å². The Balaban J connectivity index is 1.82. The quantitative estimate of drug-likeness (QED) is 0.890. The van der Waals surface area contributed by atoms with Crippen molar-refractivity contribution < 1.29 is 23.5 Å². The van der Waals surface area contributed by atoms with E-state index in [0.29, 0.717) is 26.2 Å². The first-order chi connectivity index (χ1) is 11.7. The topological polar surface area (TPSA) is 92.1 Å². The Morgan fingerprint density at radius 2 is 1.76 bits per heavy atom. The van der Waals surface area contributed by atoms with Crippen molar-refractivity contribution in [1.82, 2.24) is 15.1 Å². The fraction of sp³-hybridized carbons (Fsp3) is 0.588. The van der Waals surface area contributed by atoms with E-state index in [-0.39, 0.29) is 17.8 Å². The molecule has 3 amide bonds. The number of hydrogen-bond acceptors (Lipinski definition) is 5. The molecule has 1 aromatic rings. The zero-order chi connectivity index (χ0) is 18.6. The van der Waals surface area contributed by atoms with Crippen LogP contribution >= 0.6 is 0 Å². The molecule has 8 nitrogen and oxygen atoms in total. The van der Waals surface area contributed by atoms with Crippen LogP contribution in [0.25, 0.3) is 0 Å². The molecular weight excluding hydrogens is 326 g/mol. The minimum absolute atomic E-state index is 0.161. The summed E-state index contributed by atoms with van der Waals surface area (Å²) in [5, 5.41) is 2.62. The molecule has 0 saturated carbocycles. The van der Waals surface area contributed by atoms with Gasteiger partial charge in [0.05, 0.1) is 6.26 Å². The van der Waals surface area contributed by atoms with Gasteiger partial charge < -0.3 is 24.3 Å². The SMILES string of the molecule is C[C@H](NC(=O)c1ccco1)C(=O)N1CCN(C(=O)OC(C)(C)C)CC1. The molecule has 1 saturated heterocycles. The number of rotatable bonds is 3. The first-order valence-corrected chi connectivity index (χ1v) is 8.28. The number of furan rings is 1. The average Bonchev–Trinajstić information content (AvgIpc) is 3.07. The largest absolute Gasteiger partial charge is 0.459 e. The molecule has 0 radical (unpaired) electrons. The van der Waals surface area contributed by atoms with E-state index in [1.165, 1.54) is 12.3 Å². The number of piperazine rings is 1. The zero-order valence-electron chi connectivity index (χ0n) is 15.1. The minimum atomic E-state index is -0.675. The Morgan fingerprint density at radius 1 is 1.16 bits per heavy atom. The van der Waals surface area contributed by atoms with Crippen molar-refractivity contribution in [2.24, 2.45) is 0 Å². The molecule has 25 heavy (non-hydrogen) atoms. The van der Waals surface area contributed by atoms with Gasteiger partial charge in [0.1, 0.15) is 11.6 Å². The zero-order valence-corrected chi connectivity index (χ0v) is 15.1. The van der Waals surface area contributed by atoms with Crippen LogP contribution in [-0.4, -0.2) is 65.5 Å². The van der Waals surface area contributed by atoms with Crippen LogP contribution in [0.2, 0.25) is 0 Å². The Hall–Kier alpha value is -2.51. The van der Waals surface area contributed by atoms with Crippen LogP contribution < -0.4 is 5.32 Å². The van der Waals surface area contributed by atoms with Crippen molar-refractivity contribution in [1.29, 1.82) is 0 Å². The second-order valence-corrected chi connectivity index (χ2v) is 6.97. The fourth-order valence-corrected chi connectivity index (χ4v) is 2.45. The van der Waals surface area contributed by atoms with E-state index in [9.17, 15) is 14.4 Å². The predicted molar refractivity (Wildman–Crippen MR) is 90.0 cm³/mol. The maximum atomic E-state index is 12.5. The highest BCUT2D eigenvalue weighted by atomic mass is 16.6. The number of nitrogens with zero attached hydrogens (tertiary/aromatic N) is 2. The molecule has 1 N–H and O–H groups in total. The van der Waals surface area contributed by atoms with Crippen LogP contribution in [-0.2, 0) is 9.53 Å². The molecule has 1 atom stereocenters. The second-order valence-electron chi connectivity index (χ2n) is 6.97. The van der Waals surface area contributed by atoms with Crippen molar-refractivity contribution in [2.45, 2.75) is 39.3 Å². The normalized spacial score (nSPS) is 16.3. The lowest BCUT2D eigenvalue weighted by Gasteiger charge is -2.36. The summed E-state index contributed by atoms with van der Waals surface area (Å²) in [4.78, 5) is 39.6. The number of amides is 3. The monoisotopic (exact) mass is 351 g/mol. The highest BCUT2D eigenvalue weighted by molar-refractivity contribution is 5.95. The maximum absolute atomic E-state index is 12.5. The Labute approximate surface area is 147 Å². The van der Waals surface area contributed by atoms with E-state index in [2.05, 4.69) is 5.32 Å². The van der Waals surface area contributed by atoms with Crippen LogP contribution in [0.4, 0.5) is 4.79 Å². The van der Waals surface area contributed by atoms with Crippen LogP contribution in [0, 0.1) is 0 Å². The van der Waals surface area contributed by atoms with Gasteiger partial charge in [-0.1, -0.05) is 0 Å². The number of nitrogens with one attached hydrogen (secondary N) is 1. The van der Waals surface area contributed by atoms with E-state index in [1.807, 2.05) is 20.8 Å². The molecule has 0 aliphatic carbocycles. The van der Waals surface area contributed by atoms with Gasteiger partial charge in [0.2, 0.25) is 5.91 Å². The van der Waals surface area contributed by atoms with E-state index < -0.39 is 17.6 Å². The maximum Gasteiger partial charge on any atom is 0.410 e. The number of hydrogen-bond donors (Lipinski definition) is 1. The summed E-state index contributed by atoms with van der Waals surface area (Å²) < 4.78 is 10.3. The molecular formula is C17H25N3O5. The molecule has 1 aliphatic heterocycles. The van der Waals surface area contributed by atoms with E-state index in [1.54, 1.807) is 22.8 Å². The molecule has 2 rings (SSSR count). The van der Waals surface area contributed by atoms with Crippen molar-refractivity contribution in [2.75, 3.05) is 26.2 Å². The highest BCUT2D eigenvalue weighted by Gasteiger charge is 2.30. The van der Waals surface area contributed by atoms with Gasteiger partial charge >= 0.3 is 6.09 Å². The molecule has 1 fully saturated rings. The molecule has 8 heteroatoms. The lowest BCUT2D eigenvalue weighted by Crippen LogP contribution is -2.55. The van der Waals surface area contributed by atoms with Crippen LogP contribution in [0.15, 0.2) is 22.8 Å². The lowest BCUT2D eigenvalue weighted by molar-refractivity contribution is -0.134. The standard InChI is InChI=1S/C17H25N3O5/c1-12(18-14(21)13-6-5-11-24-13)15(22)19-7-9-20(10-8-19)16(23)25-17(2,3)4/h5-6,11-12H,7-10H2,1-4H3,(H,18,21)/t12-/m0/s1. The summed E-state index contributed by atoms with van der Waals surface area (Å²) in [6.07, 6.45) is 1.02. The van der Waals surface area contributed by atoms with Gasteiger partial charge in [0.25, 0.3) is 5.91 Å². The smallest absolute Gasteiger partial charge is 0.410 e. The molecule has 138 valence electrons. The van der Waals surface area contributed by atoms with Gasteiger partial charge in [-0.2, -0.15) is 0 Å². The first kappa shape index (κ1) is 18.8. The van der Waals surface area contributed by atoms with Gasteiger partial charge in [-0.05, 0) is 39.8 Å². The van der Waals surface area contributed by atoms with Crippen LogP contribution in [0.3, 0.4) is 0 Å². The minimum Gasteiger partial charge on any atom is -0.459 e. The number of ether oxygens (including phenoxy) is 1. The van der Waals surface area contributed by atoms with E-state index in [4.69, 9.17) is 9.15 Å². The number of carbonyl (C=O) groups excluding carboxylic acids is 3. The average molecular weight is 351 g/mol. The highest BCUT2D eigenvalue weighted by Crippen LogP contribution is 2.12. The third-order valence-electron chi connectivity index (χ3n) is 3.71. The van der Waals surface area contributed by atoms with Crippen molar-refractivity contribution in [3.8, 4) is 0 Å². The van der Waals surface area contributed by atoms with Gasteiger partial charge in [-0.15, -0.1) is 0 Å². The van der Waals surface area contributed by atoms with Crippen molar-refractivity contribution >= 4 is 17.9 Å². The molecule has 0 unspecified atom stereocenters. The lowest BCUT2D eigenvalue weighted by atomic mass is 10.2. The third-order valence-corrected chi connectivity index (χ3v) is 3.71. The Kier molecular flexibility index (Phi) is 5.71. The van der Waals surface area contributed by atoms with Gasteiger partial charge in [-0.25, -0.2) is 4.79 Å². The summed E-state index contributed by atoms with van der Waals surface area (Å²) in [7, 11) is 0. The molecule has 1 aliphatic rings. The van der Waals surface area contributed by atoms with Gasteiger partial charge in [-0.3, -0.25) is 9.59 Å². The number of carbonyl (C=O) groups is 3. The van der Waals surface area contributed by atoms with Crippen LogP contribution in [0.1, 0.15) is 38.2 Å². The predicted octanol–water partition coefficient (Wildman–Crippen LogP) is 1.48. The van der Waals surface area contributed by atoms with E-state index >= 15 is 0 Å². The van der Waals surface area contributed by atoms with E-state index in [0.717, 1.165) is 0 Å². The van der Waals surface area contributed by atoms with Gasteiger partial charge in [0, 0.05) is 26.2 Å². The first-order valence-electron chi connectivity index (χ1n) is 8.28. The third kappa shape index (κ3) is 5.23. The molecule has 2 heterocycles.